The molecule has 4 rings (SSSR count). The van der Waals surface area contributed by atoms with Crippen molar-refractivity contribution >= 4 is 5.91 Å². The molecule has 0 radical (unpaired) electrons. The van der Waals surface area contributed by atoms with Crippen molar-refractivity contribution < 1.29 is 9.32 Å². The second-order valence-electron chi connectivity index (χ2n) is 6.94. The van der Waals surface area contributed by atoms with E-state index in [0.29, 0.717) is 6.42 Å². The molecule has 0 saturated carbocycles. The number of likely N-dealkylation sites (tertiary alicyclic amines) is 1. The fourth-order valence-corrected chi connectivity index (χ4v) is 4.04. The summed E-state index contributed by atoms with van der Waals surface area (Å²) in [6.45, 7) is 2.70. The third-order valence-corrected chi connectivity index (χ3v) is 5.28. The van der Waals surface area contributed by atoms with Gasteiger partial charge in [-0.3, -0.25) is 9.89 Å². The Morgan fingerprint density at radius 3 is 3.08 bits per heavy atom. The van der Waals surface area contributed by atoms with E-state index in [0.717, 1.165) is 55.8 Å². The van der Waals surface area contributed by atoms with E-state index in [-0.39, 0.29) is 11.9 Å². The second-order valence-corrected chi connectivity index (χ2v) is 6.94. The molecule has 6 heteroatoms. The molecule has 2 aliphatic rings. The predicted molar refractivity (Wildman–Crippen MR) is 88.5 cm³/mol. The maximum absolute atomic E-state index is 12.7. The number of hydrogen-bond donors (Lipinski definition) is 1. The number of rotatable bonds is 4. The minimum absolute atomic E-state index is 0.0723. The van der Waals surface area contributed by atoms with Gasteiger partial charge in [0.1, 0.15) is 11.5 Å². The standard InChI is InChI=1S/C18H24N4O2/c1-12-11-16(21-24-12)17-7-4-10-22(17)18(23)9-8-15-13-5-2-3-6-14(13)19-20-15/h11,17H,2-10H2,1H3,(H,19,20). The molecule has 2 aromatic heterocycles. The Morgan fingerprint density at radius 2 is 2.25 bits per heavy atom. The summed E-state index contributed by atoms with van der Waals surface area (Å²) in [4.78, 5) is 14.7. The summed E-state index contributed by atoms with van der Waals surface area (Å²) < 4.78 is 5.18. The third-order valence-electron chi connectivity index (χ3n) is 5.28. The van der Waals surface area contributed by atoms with Crippen molar-refractivity contribution in [2.24, 2.45) is 0 Å². The number of aryl methyl sites for hydroxylation is 3. The van der Waals surface area contributed by atoms with Gasteiger partial charge in [0.15, 0.2) is 0 Å². The Morgan fingerprint density at radius 1 is 1.38 bits per heavy atom. The molecule has 0 bridgehead atoms. The molecule has 1 atom stereocenters. The van der Waals surface area contributed by atoms with Crippen LogP contribution in [0.1, 0.15) is 66.6 Å². The molecule has 3 heterocycles. The van der Waals surface area contributed by atoms with Gasteiger partial charge in [0, 0.05) is 31.1 Å². The van der Waals surface area contributed by atoms with E-state index in [1.807, 2.05) is 17.9 Å². The monoisotopic (exact) mass is 328 g/mol. The molecular weight excluding hydrogens is 304 g/mol. The summed E-state index contributed by atoms with van der Waals surface area (Å²) in [5, 5.41) is 11.7. The van der Waals surface area contributed by atoms with E-state index in [1.54, 1.807) is 0 Å². The minimum atomic E-state index is 0.0723. The SMILES string of the molecule is Cc1cc(C2CCCN2C(=O)CCc2n[nH]c3c2CCCC3)no1. The maximum Gasteiger partial charge on any atom is 0.223 e. The summed E-state index contributed by atoms with van der Waals surface area (Å²) in [5.74, 6) is 0.998. The van der Waals surface area contributed by atoms with Gasteiger partial charge in [-0.1, -0.05) is 5.16 Å². The summed E-state index contributed by atoms with van der Waals surface area (Å²) in [7, 11) is 0. The Bertz CT molecular complexity index is 733. The molecule has 1 saturated heterocycles. The van der Waals surface area contributed by atoms with Crippen molar-refractivity contribution in [1.82, 2.24) is 20.3 Å². The fourth-order valence-electron chi connectivity index (χ4n) is 4.04. The van der Waals surface area contributed by atoms with E-state index in [4.69, 9.17) is 4.52 Å². The highest BCUT2D eigenvalue weighted by atomic mass is 16.5. The number of amides is 1. The summed E-state index contributed by atoms with van der Waals surface area (Å²) in [6, 6.07) is 2.02. The first kappa shape index (κ1) is 15.4. The summed E-state index contributed by atoms with van der Waals surface area (Å²) in [6.07, 6.45) is 7.90. The highest BCUT2D eigenvalue weighted by molar-refractivity contribution is 5.77. The van der Waals surface area contributed by atoms with Crippen LogP contribution in [0.5, 0.6) is 0 Å². The Balaban J connectivity index is 1.41. The molecule has 1 unspecified atom stereocenters. The van der Waals surface area contributed by atoms with Crippen LogP contribution in [0, 0.1) is 6.92 Å². The zero-order chi connectivity index (χ0) is 16.5. The molecule has 24 heavy (non-hydrogen) atoms. The zero-order valence-electron chi connectivity index (χ0n) is 14.2. The number of carbonyl (C=O) groups is 1. The molecule has 1 aliphatic heterocycles. The van der Waals surface area contributed by atoms with Crippen LogP contribution in [0.2, 0.25) is 0 Å². The van der Waals surface area contributed by atoms with Gasteiger partial charge >= 0.3 is 0 Å². The molecule has 1 fully saturated rings. The largest absolute Gasteiger partial charge is 0.361 e. The van der Waals surface area contributed by atoms with E-state index in [9.17, 15) is 4.79 Å². The van der Waals surface area contributed by atoms with Crippen LogP contribution in [0.25, 0.3) is 0 Å². The molecule has 128 valence electrons. The average Bonchev–Trinajstić information content (AvgIpc) is 3.31. The Hall–Kier alpha value is -2.11. The Labute approximate surface area is 141 Å². The Kier molecular flexibility index (Phi) is 4.12. The van der Waals surface area contributed by atoms with Gasteiger partial charge in [-0.05, 0) is 51.0 Å². The van der Waals surface area contributed by atoms with Crippen molar-refractivity contribution in [1.29, 1.82) is 0 Å². The lowest BCUT2D eigenvalue weighted by atomic mass is 9.94. The van der Waals surface area contributed by atoms with Crippen molar-refractivity contribution in [2.45, 2.75) is 64.3 Å². The van der Waals surface area contributed by atoms with Crippen LogP contribution >= 0.6 is 0 Å². The van der Waals surface area contributed by atoms with Crippen LogP contribution in [0.15, 0.2) is 10.6 Å². The van der Waals surface area contributed by atoms with Crippen molar-refractivity contribution in [3.63, 3.8) is 0 Å². The number of aromatic amines is 1. The highest BCUT2D eigenvalue weighted by Gasteiger charge is 2.32. The van der Waals surface area contributed by atoms with Gasteiger partial charge in [0.2, 0.25) is 5.91 Å². The molecule has 1 amide bonds. The van der Waals surface area contributed by atoms with Crippen LogP contribution in [0.3, 0.4) is 0 Å². The number of aromatic nitrogens is 3. The number of nitrogens with zero attached hydrogens (tertiary/aromatic N) is 3. The van der Waals surface area contributed by atoms with E-state index in [2.05, 4.69) is 15.4 Å². The predicted octanol–water partition coefficient (Wildman–Crippen LogP) is 2.88. The first-order valence-electron chi connectivity index (χ1n) is 9.00. The highest BCUT2D eigenvalue weighted by Crippen LogP contribution is 2.32. The summed E-state index contributed by atoms with van der Waals surface area (Å²) >= 11 is 0. The van der Waals surface area contributed by atoms with E-state index < -0.39 is 0 Å². The number of H-pyrrole nitrogens is 1. The number of carbonyl (C=O) groups excluding carboxylic acids is 1. The van der Waals surface area contributed by atoms with Gasteiger partial charge in [-0.15, -0.1) is 0 Å². The van der Waals surface area contributed by atoms with Gasteiger partial charge < -0.3 is 9.42 Å². The van der Waals surface area contributed by atoms with Crippen LogP contribution in [-0.2, 0) is 24.1 Å². The molecule has 1 aliphatic carbocycles. The van der Waals surface area contributed by atoms with Crippen molar-refractivity contribution in [2.75, 3.05) is 6.54 Å². The second kappa shape index (κ2) is 6.42. The van der Waals surface area contributed by atoms with Crippen LogP contribution < -0.4 is 0 Å². The fraction of sp³-hybridized carbons (Fsp3) is 0.611. The lowest BCUT2D eigenvalue weighted by Crippen LogP contribution is -2.31. The average molecular weight is 328 g/mol. The molecule has 1 N–H and O–H groups in total. The number of nitrogens with one attached hydrogen (secondary N) is 1. The number of fused-ring (bicyclic) bond motifs is 1. The number of hydrogen-bond acceptors (Lipinski definition) is 4. The minimum Gasteiger partial charge on any atom is -0.361 e. The normalized spacial score (nSPS) is 20.4. The quantitative estimate of drug-likeness (QED) is 0.936. The van der Waals surface area contributed by atoms with Gasteiger partial charge in [-0.25, -0.2) is 0 Å². The molecule has 6 nitrogen and oxygen atoms in total. The zero-order valence-corrected chi connectivity index (χ0v) is 14.2. The van der Waals surface area contributed by atoms with Gasteiger partial charge in [-0.2, -0.15) is 5.10 Å². The van der Waals surface area contributed by atoms with Crippen LogP contribution in [-0.4, -0.2) is 32.7 Å². The van der Waals surface area contributed by atoms with E-state index >= 15 is 0 Å². The van der Waals surface area contributed by atoms with Gasteiger partial charge in [0.25, 0.3) is 0 Å². The van der Waals surface area contributed by atoms with Crippen molar-refractivity contribution in [3.05, 3.63) is 34.5 Å². The molecule has 2 aromatic rings. The van der Waals surface area contributed by atoms with Crippen LogP contribution in [0.4, 0.5) is 0 Å². The topological polar surface area (TPSA) is 75.0 Å². The maximum atomic E-state index is 12.7. The first-order valence-corrected chi connectivity index (χ1v) is 9.00. The lowest BCUT2D eigenvalue weighted by Gasteiger charge is -2.23. The summed E-state index contributed by atoms with van der Waals surface area (Å²) in [5.41, 5.74) is 4.61. The first-order chi connectivity index (χ1) is 11.7. The van der Waals surface area contributed by atoms with E-state index in [1.165, 1.54) is 24.1 Å². The molecule has 0 spiro atoms. The smallest absolute Gasteiger partial charge is 0.223 e. The molecule has 0 aromatic carbocycles. The molecular formula is C18H24N4O2. The van der Waals surface area contributed by atoms with Gasteiger partial charge in [0.05, 0.1) is 11.7 Å². The third kappa shape index (κ3) is 2.85. The lowest BCUT2D eigenvalue weighted by molar-refractivity contribution is -0.132. The van der Waals surface area contributed by atoms with Crippen molar-refractivity contribution in [3.8, 4) is 0 Å².